The summed E-state index contributed by atoms with van der Waals surface area (Å²) in [5.41, 5.74) is 5.31. The molecule has 0 bridgehead atoms. The number of hydrogen-bond acceptors (Lipinski definition) is 5. The van der Waals surface area contributed by atoms with Gasteiger partial charge in [0, 0.05) is 19.7 Å². The van der Waals surface area contributed by atoms with Gasteiger partial charge in [0.15, 0.2) is 9.84 Å². The van der Waals surface area contributed by atoms with Crippen molar-refractivity contribution in [3.63, 3.8) is 0 Å². The zero-order valence-electron chi connectivity index (χ0n) is 8.60. The molecule has 15 heavy (non-hydrogen) atoms. The van der Waals surface area contributed by atoms with E-state index in [1.165, 1.54) is 7.11 Å². The summed E-state index contributed by atoms with van der Waals surface area (Å²) < 4.78 is 27.1. The molecule has 1 aliphatic heterocycles. The molecule has 0 aromatic heterocycles. The quantitative estimate of drug-likeness (QED) is 0.604. The molecular formula is C8H16N2O4S. The van der Waals surface area contributed by atoms with Gasteiger partial charge in [-0.3, -0.25) is 4.79 Å². The van der Waals surface area contributed by atoms with E-state index in [-0.39, 0.29) is 30.0 Å². The standard InChI is InChI=1S/C8H16N2O4S/c1-14-7(4-9)8(11)10-6-2-3-15(12,13)5-6/h6-7H,2-5,9H2,1H3,(H,10,11). The number of ether oxygens (including phenoxy) is 1. The third-order valence-corrected chi connectivity index (χ3v) is 4.14. The maximum atomic E-state index is 11.5. The molecule has 0 spiro atoms. The van der Waals surface area contributed by atoms with Gasteiger partial charge in [-0.25, -0.2) is 8.42 Å². The van der Waals surface area contributed by atoms with Crippen LogP contribution in [0.3, 0.4) is 0 Å². The average Bonchev–Trinajstić information content (AvgIpc) is 2.47. The first-order valence-electron chi connectivity index (χ1n) is 4.72. The molecule has 0 radical (unpaired) electrons. The Hall–Kier alpha value is -0.660. The van der Waals surface area contributed by atoms with E-state index in [0.29, 0.717) is 6.42 Å². The van der Waals surface area contributed by atoms with E-state index in [2.05, 4.69) is 5.32 Å². The molecule has 0 aliphatic carbocycles. The molecule has 88 valence electrons. The minimum absolute atomic E-state index is 0.0136. The zero-order valence-corrected chi connectivity index (χ0v) is 9.42. The maximum Gasteiger partial charge on any atom is 0.250 e. The van der Waals surface area contributed by atoms with Crippen LogP contribution in [0.15, 0.2) is 0 Å². The fourth-order valence-electron chi connectivity index (χ4n) is 1.51. The van der Waals surface area contributed by atoms with Crippen LogP contribution in [-0.4, -0.2) is 51.6 Å². The Morgan fingerprint density at radius 1 is 1.67 bits per heavy atom. The Balaban J connectivity index is 2.46. The van der Waals surface area contributed by atoms with E-state index in [1.807, 2.05) is 0 Å². The van der Waals surface area contributed by atoms with E-state index in [4.69, 9.17) is 10.5 Å². The monoisotopic (exact) mass is 236 g/mol. The zero-order chi connectivity index (χ0) is 11.5. The minimum Gasteiger partial charge on any atom is -0.370 e. The van der Waals surface area contributed by atoms with Crippen LogP contribution in [0, 0.1) is 0 Å². The molecule has 0 aromatic carbocycles. The summed E-state index contributed by atoms with van der Waals surface area (Å²) in [6.45, 7) is 0.0851. The van der Waals surface area contributed by atoms with Gasteiger partial charge in [0.1, 0.15) is 6.10 Å². The number of rotatable bonds is 4. The summed E-state index contributed by atoms with van der Waals surface area (Å²) >= 11 is 0. The van der Waals surface area contributed by atoms with Crippen molar-refractivity contribution in [3.05, 3.63) is 0 Å². The molecule has 3 N–H and O–H groups in total. The van der Waals surface area contributed by atoms with E-state index in [1.54, 1.807) is 0 Å². The van der Waals surface area contributed by atoms with Crippen molar-refractivity contribution < 1.29 is 17.9 Å². The first-order chi connectivity index (χ1) is 6.98. The van der Waals surface area contributed by atoms with E-state index < -0.39 is 15.9 Å². The highest BCUT2D eigenvalue weighted by Crippen LogP contribution is 2.11. The van der Waals surface area contributed by atoms with Crippen LogP contribution in [0.2, 0.25) is 0 Å². The summed E-state index contributed by atoms with van der Waals surface area (Å²) in [7, 11) is -1.58. The SMILES string of the molecule is COC(CN)C(=O)NC1CCS(=O)(=O)C1. The van der Waals surface area contributed by atoms with Crippen LogP contribution in [-0.2, 0) is 19.4 Å². The molecule has 1 saturated heterocycles. The molecule has 1 fully saturated rings. The third kappa shape index (κ3) is 3.44. The Bertz CT molecular complexity index is 324. The van der Waals surface area contributed by atoms with Gasteiger partial charge in [-0.1, -0.05) is 0 Å². The summed E-state index contributed by atoms with van der Waals surface area (Å²) in [6.07, 6.45) is -0.233. The van der Waals surface area contributed by atoms with Crippen molar-refractivity contribution in [2.45, 2.75) is 18.6 Å². The molecule has 1 rings (SSSR count). The fraction of sp³-hybridized carbons (Fsp3) is 0.875. The van der Waals surface area contributed by atoms with Crippen molar-refractivity contribution in [3.8, 4) is 0 Å². The molecule has 1 aliphatic rings. The molecule has 2 atom stereocenters. The van der Waals surface area contributed by atoms with Crippen molar-refractivity contribution in [2.24, 2.45) is 5.73 Å². The summed E-state index contributed by atoms with van der Waals surface area (Å²) in [6, 6.07) is -0.299. The predicted octanol–water partition coefficient (Wildman–Crippen LogP) is -1.74. The van der Waals surface area contributed by atoms with Crippen molar-refractivity contribution in [1.29, 1.82) is 0 Å². The van der Waals surface area contributed by atoms with Gasteiger partial charge >= 0.3 is 0 Å². The lowest BCUT2D eigenvalue weighted by atomic mass is 10.2. The Morgan fingerprint density at radius 2 is 2.33 bits per heavy atom. The van der Waals surface area contributed by atoms with Crippen molar-refractivity contribution in [1.82, 2.24) is 5.32 Å². The number of carbonyl (C=O) groups excluding carboxylic acids is 1. The second kappa shape index (κ2) is 4.91. The van der Waals surface area contributed by atoms with E-state index in [0.717, 1.165) is 0 Å². The summed E-state index contributed by atoms with van der Waals surface area (Å²) in [5.74, 6) is -0.195. The van der Waals surface area contributed by atoms with Gasteiger partial charge in [0.25, 0.3) is 5.91 Å². The smallest absolute Gasteiger partial charge is 0.250 e. The lowest BCUT2D eigenvalue weighted by Crippen LogP contribution is -2.45. The first-order valence-corrected chi connectivity index (χ1v) is 6.54. The number of methoxy groups -OCH3 is 1. The normalized spacial score (nSPS) is 26.1. The van der Waals surface area contributed by atoms with Crippen LogP contribution in [0.4, 0.5) is 0 Å². The Morgan fingerprint density at radius 3 is 2.73 bits per heavy atom. The average molecular weight is 236 g/mol. The van der Waals surface area contributed by atoms with Gasteiger partial charge in [0.05, 0.1) is 11.5 Å². The van der Waals surface area contributed by atoms with Gasteiger partial charge in [0.2, 0.25) is 0 Å². The first kappa shape index (κ1) is 12.4. The molecule has 0 saturated carbocycles. The van der Waals surface area contributed by atoms with Crippen LogP contribution in [0.1, 0.15) is 6.42 Å². The van der Waals surface area contributed by atoms with Crippen LogP contribution < -0.4 is 11.1 Å². The lowest BCUT2D eigenvalue weighted by Gasteiger charge is -2.16. The minimum atomic E-state index is -2.97. The van der Waals surface area contributed by atoms with Gasteiger partial charge in [-0.05, 0) is 6.42 Å². The third-order valence-electron chi connectivity index (χ3n) is 2.37. The van der Waals surface area contributed by atoms with Gasteiger partial charge in [-0.15, -0.1) is 0 Å². The number of nitrogens with two attached hydrogens (primary N) is 1. The topological polar surface area (TPSA) is 98.5 Å². The maximum absolute atomic E-state index is 11.5. The molecule has 7 heteroatoms. The predicted molar refractivity (Wildman–Crippen MR) is 55.1 cm³/mol. The molecular weight excluding hydrogens is 220 g/mol. The fourth-order valence-corrected chi connectivity index (χ4v) is 3.19. The number of amides is 1. The molecule has 1 amide bonds. The largest absolute Gasteiger partial charge is 0.370 e. The highest BCUT2D eigenvalue weighted by Gasteiger charge is 2.30. The van der Waals surface area contributed by atoms with E-state index >= 15 is 0 Å². The Labute approximate surface area is 89.1 Å². The second-order valence-electron chi connectivity index (χ2n) is 3.57. The van der Waals surface area contributed by atoms with Gasteiger partial charge < -0.3 is 15.8 Å². The van der Waals surface area contributed by atoms with Crippen LogP contribution in [0.5, 0.6) is 0 Å². The molecule has 0 aromatic rings. The lowest BCUT2D eigenvalue weighted by molar-refractivity contribution is -0.131. The molecule has 1 heterocycles. The molecule has 2 unspecified atom stereocenters. The number of hydrogen-bond donors (Lipinski definition) is 2. The molecule has 6 nitrogen and oxygen atoms in total. The Kier molecular flexibility index (Phi) is 4.06. The van der Waals surface area contributed by atoms with Crippen molar-refractivity contribution in [2.75, 3.05) is 25.2 Å². The summed E-state index contributed by atoms with van der Waals surface area (Å²) in [5, 5.41) is 2.61. The van der Waals surface area contributed by atoms with Gasteiger partial charge in [-0.2, -0.15) is 0 Å². The van der Waals surface area contributed by atoms with Crippen LogP contribution >= 0.6 is 0 Å². The van der Waals surface area contributed by atoms with Crippen molar-refractivity contribution >= 4 is 15.7 Å². The summed E-state index contributed by atoms with van der Waals surface area (Å²) in [4.78, 5) is 11.5. The van der Waals surface area contributed by atoms with E-state index in [9.17, 15) is 13.2 Å². The number of sulfone groups is 1. The second-order valence-corrected chi connectivity index (χ2v) is 5.80. The highest BCUT2D eigenvalue weighted by molar-refractivity contribution is 7.91. The highest BCUT2D eigenvalue weighted by atomic mass is 32.2. The van der Waals surface area contributed by atoms with Crippen LogP contribution in [0.25, 0.3) is 0 Å². The number of carbonyl (C=O) groups is 1. The number of nitrogens with one attached hydrogen (secondary N) is 1.